The first-order valence-electron chi connectivity index (χ1n) is 4.60. The molecule has 16 heavy (non-hydrogen) atoms. The van der Waals surface area contributed by atoms with E-state index >= 15 is 0 Å². The highest BCUT2D eigenvalue weighted by Gasteiger charge is 1.94. The van der Waals surface area contributed by atoms with E-state index in [2.05, 4.69) is 10.3 Å². The Morgan fingerprint density at radius 1 is 1.00 bits per heavy atom. The third-order valence-corrected chi connectivity index (χ3v) is 2.24. The second kappa shape index (κ2) is 7.42. The molecule has 0 bridgehead atoms. The fourth-order valence-electron chi connectivity index (χ4n) is 0.874. The fraction of sp³-hybridized carbons (Fsp3) is 0. The van der Waals surface area contributed by atoms with E-state index in [0.717, 1.165) is 0 Å². The van der Waals surface area contributed by atoms with Gasteiger partial charge in [-0.1, -0.05) is 18.2 Å². The van der Waals surface area contributed by atoms with Gasteiger partial charge in [-0.05, 0) is 24.3 Å². The molecule has 1 aliphatic heterocycles. The first-order valence-corrected chi connectivity index (χ1v) is 5.78. The maximum atomic E-state index is 10.3. The van der Waals surface area contributed by atoms with E-state index in [1.165, 1.54) is 6.08 Å². The van der Waals surface area contributed by atoms with Crippen LogP contribution in [0.2, 0.25) is 0 Å². The van der Waals surface area contributed by atoms with Gasteiger partial charge < -0.3 is 5.32 Å². The van der Waals surface area contributed by atoms with E-state index < -0.39 is 10.7 Å². The van der Waals surface area contributed by atoms with Crippen molar-refractivity contribution < 1.29 is 8.42 Å². The van der Waals surface area contributed by atoms with Gasteiger partial charge in [0.1, 0.15) is 5.03 Å². The topological polar surface area (TPSA) is 59.1 Å². The van der Waals surface area contributed by atoms with E-state index in [1.807, 2.05) is 18.2 Å². The molecule has 0 fully saturated rings. The predicted octanol–water partition coefficient (Wildman–Crippen LogP) is 1.19. The van der Waals surface area contributed by atoms with Crippen molar-refractivity contribution in [2.24, 2.45) is 0 Å². The molecule has 1 N–H and O–H groups in total. The molecule has 0 radical (unpaired) electrons. The Bertz CT molecular complexity index is 427. The Morgan fingerprint density at radius 2 is 1.75 bits per heavy atom. The Labute approximate surface area is 96.0 Å². The monoisotopic (exact) mass is 236 g/mol. The summed E-state index contributed by atoms with van der Waals surface area (Å²) in [5.41, 5.74) is 0. The van der Waals surface area contributed by atoms with Gasteiger partial charge in [-0.25, -0.2) is 8.42 Å². The number of nitrogens with one attached hydrogen (secondary N) is 1. The standard InChI is InChI=1S/C6H7NO2S.C5H5N/c8-10(9)6-4-2-1-3-5-7-6;1-2-4-6-5-3-1/h1-5,7,10H;1-5H. The van der Waals surface area contributed by atoms with Crippen LogP contribution in [-0.4, -0.2) is 13.4 Å². The van der Waals surface area contributed by atoms with Gasteiger partial charge in [0.2, 0.25) is 0 Å². The molecular weight excluding hydrogens is 224 g/mol. The molecule has 1 aromatic heterocycles. The van der Waals surface area contributed by atoms with Crippen LogP contribution in [-0.2, 0) is 10.7 Å². The quantitative estimate of drug-likeness (QED) is 0.719. The van der Waals surface area contributed by atoms with Gasteiger partial charge in [0, 0.05) is 18.6 Å². The van der Waals surface area contributed by atoms with Gasteiger partial charge in [-0.15, -0.1) is 0 Å². The minimum absolute atomic E-state index is 0.222. The van der Waals surface area contributed by atoms with Gasteiger partial charge >= 0.3 is 0 Å². The molecule has 0 spiro atoms. The van der Waals surface area contributed by atoms with Gasteiger partial charge in [0.05, 0.1) is 0 Å². The molecule has 0 amide bonds. The number of hydrogen-bond acceptors (Lipinski definition) is 4. The molecule has 0 saturated heterocycles. The molecule has 2 rings (SSSR count). The molecule has 0 saturated carbocycles. The fourth-order valence-corrected chi connectivity index (χ4v) is 1.26. The molecule has 84 valence electrons. The maximum absolute atomic E-state index is 10.3. The van der Waals surface area contributed by atoms with Crippen LogP contribution in [0.3, 0.4) is 0 Å². The van der Waals surface area contributed by atoms with E-state index in [4.69, 9.17) is 0 Å². The number of aromatic nitrogens is 1. The summed E-state index contributed by atoms with van der Waals surface area (Å²) in [5, 5.41) is 2.83. The van der Waals surface area contributed by atoms with Crippen LogP contribution >= 0.6 is 0 Å². The summed E-state index contributed by atoms with van der Waals surface area (Å²) in [6, 6.07) is 5.72. The molecule has 1 aliphatic rings. The number of hydrogen-bond donors (Lipinski definition) is 2. The van der Waals surface area contributed by atoms with Crippen LogP contribution in [0, 0.1) is 0 Å². The van der Waals surface area contributed by atoms with E-state index in [0.29, 0.717) is 0 Å². The molecule has 0 unspecified atom stereocenters. The zero-order valence-electron chi connectivity index (χ0n) is 8.48. The predicted molar refractivity (Wildman–Crippen MR) is 64.1 cm³/mol. The third kappa shape index (κ3) is 5.11. The van der Waals surface area contributed by atoms with Gasteiger partial charge in [0.25, 0.3) is 0 Å². The summed E-state index contributed by atoms with van der Waals surface area (Å²) in [5.74, 6) is 0. The third-order valence-electron chi connectivity index (χ3n) is 1.57. The van der Waals surface area contributed by atoms with Crippen molar-refractivity contribution in [1.82, 2.24) is 10.3 Å². The molecule has 1 aromatic rings. The highest BCUT2D eigenvalue weighted by Crippen LogP contribution is 1.94. The molecule has 4 nitrogen and oxygen atoms in total. The minimum Gasteiger partial charge on any atom is -0.353 e. The number of allylic oxidation sites excluding steroid dienone is 4. The number of rotatable bonds is 1. The molecule has 0 aromatic carbocycles. The lowest BCUT2D eigenvalue weighted by Gasteiger charge is -1.92. The summed E-state index contributed by atoms with van der Waals surface area (Å²) in [6.45, 7) is 0. The first-order chi connectivity index (χ1) is 7.80. The van der Waals surface area contributed by atoms with E-state index in [1.54, 1.807) is 36.8 Å². The van der Waals surface area contributed by atoms with Crippen molar-refractivity contribution >= 4 is 10.7 Å². The summed E-state index contributed by atoms with van der Waals surface area (Å²) in [7, 11) is -2.49. The van der Waals surface area contributed by atoms with Crippen molar-refractivity contribution in [2.45, 2.75) is 0 Å². The SMILES string of the molecule is O=[SH](=O)C1=CC=CC=CN1.c1ccncc1. The zero-order valence-corrected chi connectivity index (χ0v) is 9.38. The number of pyridine rings is 1. The zero-order chi connectivity index (χ0) is 11.6. The van der Waals surface area contributed by atoms with Crippen molar-refractivity contribution in [2.75, 3.05) is 0 Å². The van der Waals surface area contributed by atoms with Crippen LogP contribution in [0.4, 0.5) is 0 Å². The van der Waals surface area contributed by atoms with Gasteiger partial charge in [0.15, 0.2) is 10.7 Å². The highest BCUT2D eigenvalue weighted by molar-refractivity contribution is 7.76. The second-order valence-electron chi connectivity index (χ2n) is 2.72. The normalized spacial score (nSPS) is 13.2. The van der Waals surface area contributed by atoms with Gasteiger partial charge in [-0.2, -0.15) is 0 Å². The average molecular weight is 236 g/mol. The first kappa shape index (κ1) is 12.2. The average Bonchev–Trinajstić information content (AvgIpc) is 2.61. The highest BCUT2D eigenvalue weighted by atomic mass is 32.2. The Balaban J connectivity index is 0.000000181. The lowest BCUT2D eigenvalue weighted by molar-refractivity contribution is 0.617. The molecule has 2 heterocycles. The van der Waals surface area contributed by atoms with E-state index in [9.17, 15) is 8.42 Å². The van der Waals surface area contributed by atoms with Crippen LogP contribution in [0.25, 0.3) is 0 Å². The minimum atomic E-state index is -2.49. The maximum Gasteiger partial charge on any atom is 0.183 e. The summed E-state index contributed by atoms with van der Waals surface area (Å²) in [6.07, 6.45) is 11.7. The Hall–Kier alpha value is -1.88. The van der Waals surface area contributed by atoms with Crippen molar-refractivity contribution in [3.63, 3.8) is 0 Å². The number of thiol groups is 1. The molecular formula is C11H12N2O2S. The summed E-state index contributed by atoms with van der Waals surface area (Å²) < 4.78 is 20.7. The van der Waals surface area contributed by atoms with Crippen LogP contribution < -0.4 is 5.32 Å². The van der Waals surface area contributed by atoms with Crippen LogP contribution in [0.5, 0.6) is 0 Å². The Kier molecular flexibility index (Phi) is 5.65. The number of nitrogens with zero attached hydrogens (tertiary/aromatic N) is 1. The lowest BCUT2D eigenvalue weighted by atomic mass is 10.5. The summed E-state index contributed by atoms with van der Waals surface area (Å²) in [4.78, 5) is 3.78. The van der Waals surface area contributed by atoms with E-state index in [-0.39, 0.29) is 5.03 Å². The van der Waals surface area contributed by atoms with Crippen LogP contribution in [0.15, 0.2) is 66.1 Å². The largest absolute Gasteiger partial charge is 0.353 e. The van der Waals surface area contributed by atoms with Crippen molar-refractivity contribution in [3.8, 4) is 0 Å². The Morgan fingerprint density at radius 3 is 2.25 bits per heavy atom. The smallest absolute Gasteiger partial charge is 0.183 e. The van der Waals surface area contributed by atoms with Crippen LogP contribution in [0.1, 0.15) is 0 Å². The lowest BCUT2D eigenvalue weighted by Crippen LogP contribution is -2.04. The van der Waals surface area contributed by atoms with Gasteiger partial charge in [-0.3, -0.25) is 4.98 Å². The van der Waals surface area contributed by atoms with Crippen molar-refractivity contribution in [3.05, 3.63) is 66.1 Å². The second-order valence-corrected chi connectivity index (χ2v) is 3.72. The molecule has 5 heteroatoms. The van der Waals surface area contributed by atoms with Crippen molar-refractivity contribution in [1.29, 1.82) is 0 Å². The summed E-state index contributed by atoms with van der Waals surface area (Å²) >= 11 is 0. The molecule has 0 aliphatic carbocycles. The molecule has 0 atom stereocenters.